The molecule has 0 atom stereocenters. The normalized spacial score (nSPS) is 11.3. The number of alkyl halides is 1. The maximum atomic E-state index is 4.38. The maximum Gasteiger partial charge on any atom is 0.164 e. The fourth-order valence-electron chi connectivity index (χ4n) is 2.31. The minimum Gasteiger partial charge on any atom is -0.310 e. The van der Waals surface area contributed by atoms with E-state index >= 15 is 0 Å². The Bertz CT molecular complexity index is 553. The zero-order chi connectivity index (χ0) is 14.0. The molecule has 0 amide bonds. The van der Waals surface area contributed by atoms with Crippen molar-refractivity contribution < 1.29 is 0 Å². The lowest BCUT2D eigenvalue weighted by Crippen LogP contribution is -2.09. The quantitative estimate of drug-likeness (QED) is 0.793. The molecule has 0 saturated carbocycles. The first-order valence-electron chi connectivity index (χ1n) is 6.58. The molecule has 0 aliphatic heterocycles. The molecule has 19 heavy (non-hydrogen) atoms. The summed E-state index contributed by atoms with van der Waals surface area (Å²) >= 11 is 3.49. The first kappa shape index (κ1) is 14.3. The van der Waals surface area contributed by atoms with Gasteiger partial charge in [0.1, 0.15) is 5.82 Å². The highest BCUT2D eigenvalue weighted by molar-refractivity contribution is 9.08. The van der Waals surface area contributed by atoms with Gasteiger partial charge >= 0.3 is 0 Å². The average Bonchev–Trinajstić information content (AvgIpc) is 2.69. The molecule has 0 fully saturated rings. The summed E-state index contributed by atoms with van der Waals surface area (Å²) in [5, 5.41) is 9.40. The topological polar surface area (TPSA) is 30.7 Å². The van der Waals surface area contributed by atoms with Crippen LogP contribution in [-0.4, -0.2) is 14.8 Å². The highest BCUT2D eigenvalue weighted by Gasteiger charge is 2.14. The number of hydrogen-bond donors (Lipinski definition) is 0. The van der Waals surface area contributed by atoms with E-state index in [9.17, 15) is 0 Å². The average molecular weight is 322 g/mol. The Labute approximate surface area is 123 Å². The molecular formula is C15H20BrN3. The van der Waals surface area contributed by atoms with Crippen molar-refractivity contribution in [2.45, 2.75) is 39.6 Å². The Hall–Kier alpha value is -1.16. The minimum absolute atomic E-state index is 0.568. The summed E-state index contributed by atoms with van der Waals surface area (Å²) in [7, 11) is 0. The molecule has 0 aliphatic rings. The Kier molecular flexibility index (Phi) is 4.40. The highest BCUT2D eigenvalue weighted by Crippen LogP contribution is 2.23. The zero-order valence-electron chi connectivity index (χ0n) is 11.9. The predicted octanol–water partition coefficient (Wildman–Crippen LogP) is 4.11. The van der Waals surface area contributed by atoms with Crippen LogP contribution in [0.5, 0.6) is 0 Å². The lowest BCUT2D eigenvalue weighted by molar-refractivity contribution is 0.516. The van der Waals surface area contributed by atoms with Gasteiger partial charge in [0.15, 0.2) is 5.82 Å². The second-order valence-electron chi connectivity index (χ2n) is 5.45. The third-order valence-electron chi connectivity index (χ3n) is 2.97. The van der Waals surface area contributed by atoms with E-state index in [-0.39, 0.29) is 0 Å². The van der Waals surface area contributed by atoms with Crippen LogP contribution in [0.3, 0.4) is 0 Å². The Morgan fingerprint density at radius 1 is 1.11 bits per heavy atom. The molecule has 0 bridgehead atoms. The van der Waals surface area contributed by atoms with E-state index < -0.39 is 0 Å². The van der Waals surface area contributed by atoms with Crippen molar-refractivity contribution >= 4 is 15.9 Å². The molecule has 3 nitrogen and oxygen atoms in total. The lowest BCUT2D eigenvalue weighted by Gasteiger charge is -2.12. The van der Waals surface area contributed by atoms with E-state index in [1.54, 1.807) is 0 Å². The molecule has 0 aliphatic carbocycles. The van der Waals surface area contributed by atoms with Gasteiger partial charge in [0.25, 0.3) is 0 Å². The number of hydrogen-bond acceptors (Lipinski definition) is 2. The SMILES string of the molecule is Cc1cc(C)cc(-c2nnc(CBr)n2CC(C)C)c1. The second kappa shape index (κ2) is 5.87. The summed E-state index contributed by atoms with van der Waals surface area (Å²) in [5.41, 5.74) is 3.67. The van der Waals surface area contributed by atoms with Gasteiger partial charge in [0.05, 0.1) is 5.33 Å². The Morgan fingerprint density at radius 3 is 2.26 bits per heavy atom. The Balaban J connectivity index is 2.51. The molecular weight excluding hydrogens is 302 g/mol. The van der Waals surface area contributed by atoms with Gasteiger partial charge in [-0.3, -0.25) is 0 Å². The largest absolute Gasteiger partial charge is 0.310 e. The molecule has 0 N–H and O–H groups in total. The van der Waals surface area contributed by atoms with Crippen molar-refractivity contribution in [2.75, 3.05) is 0 Å². The summed E-state index contributed by atoms with van der Waals surface area (Å²) in [4.78, 5) is 0. The van der Waals surface area contributed by atoms with Crippen LogP contribution in [0.15, 0.2) is 18.2 Å². The van der Waals surface area contributed by atoms with Crippen molar-refractivity contribution in [1.82, 2.24) is 14.8 Å². The third kappa shape index (κ3) is 3.24. The highest BCUT2D eigenvalue weighted by atomic mass is 79.9. The van der Waals surface area contributed by atoms with E-state index in [1.807, 2.05) is 0 Å². The van der Waals surface area contributed by atoms with Crippen LogP contribution < -0.4 is 0 Å². The molecule has 1 aromatic heterocycles. The molecule has 2 rings (SSSR count). The lowest BCUT2D eigenvalue weighted by atomic mass is 10.1. The summed E-state index contributed by atoms with van der Waals surface area (Å²) in [5.74, 6) is 2.52. The van der Waals surface area contributed by atoms with Gasteiger partial charge in [-0.15, -0.1) is 10.2 Å². The Morgan fingerprint density at radius 2 is 1.74 bits per heavy atom. The van der Waals surface area contributed by atoms with Crippen LogP contribution in [0.25, 0.3) is 11.4 Å². The van der Waals surface area contributed by atoms with Crippen LogP contribution in [0.4, 0.5) is 0 Å². The van der Waals surface area contributed by atoms with Crippen LogP contribution in [0, 0.1) is 19.8 Å². The predicted molar refractivity (Wildman–Crippen MR) is 82.4 cm³/mol. The smallest absolute Gasteiger partial charge is 0.164 e. The fraction of sp³-hybridized carbons (Fsp3) is 0.467. The number of aromatic nitrogens is 3. The van der Waals surface area contributed by atoms with Gasteiger partial charge in [-0.2, -0.15) is 0 Å². The molecule has 0 unspecified atom stereocenters. The molecule has 102 valence electrons. The fourth-order valence-corrected chi connectivity index (χ4v) is 2.72. The van der Waals surface area contributed by atoms with Gasteiger partial charge in [-0.1, -0.05) is 47.0 Å². The van der Waals surface area contributed by atoms with Gasteiger partial charge < -0.3 is 4.57 Å². The van der Waals surface area contributed by atoms with E-state index in [0.29, 0.717) is 5.92 Å². The molecule has 2 aromatic rings. The number of nitrogens with zero attached hydrogens (tertiary/aromatic N) is 3. The number of halogens is 1. The van der Waals surface area contributed by atoms with Crippen LogP contribution >= 0.6 is 15.9 Å². The van der Waals surface area contributed by atoms with Gasteiger partial charge in [0.2, 0.25) is 0 Å². The number of rotatable bonds is 4. The number of benzene rings is 1. The molecule has 4 heteroatoms. The van der Waals surface area contributed by atoms with E-state index in [0.717, 1.165) is 29.1 Å². The monoisotopic (exact) mass is 321 g/mol. The van der Waals surface area contributed by atoms with Gasteiger partial charge in [0, 0.05) is 12.1 Å². The van der Waals surface area contributed by atoms with Crippen LogP contribution in [0.1, 0.15) is 30.8 Å². The van der Waals surface area contributed by atoms with Gasteiger partial charge in [-0.05, 0) is 31.9 Å². The molecule has 1 aromatic carbocycles. The summed E-state index contributed by atoms with van der Waals surface area (Å²) in [6.07, 6.45) is 0. The van der Waals surface area contributed by atoms with E-state index in [1.165, 1.54) is 11.1 Å². The minimum atomic E-state index is 0.568. The standard InChI is InChI=1S/C15H20BrN3/c1-10(2)9-19-14(8-16)17-18-15(19)13-6-11(3)5-12(4)7-13/h5-7,10H,8-9H2,1-4H3. The molecule has 0 radical (unpaired) electrons. The molecule has 0 saturated heterocycles. The van der Waals surface area contributed by atoms with E-state index in [2.05, 4.69) is 76.6 Å². The molecule has 1 heterocycles. The maximum absolute atomic E-state index is 4.38. The first-order valence-corrected chi connectivity index (χ1v) is 7.70. The summed E-state index contributed by atoms with van der Waals surface area (Å²) < 4.78 is 2.22. The summed E-state index contributed by atoms with van der Waals surface area (Å²) in [6, 6.07) is 6.52. The van der Waals surface area contributed by atoms with Crippen molar-refractivity contribution in [3.63, 3.8) is 0 Å². The second-order valence-corrected chi connectivity index (χ2v) is 6.02. The van der Waals surface area contributed by atoms with Crippen LogP contribution in [0.2, 0.25) is 0 Å². The van der Waals surface area contributed by atoms with Crippen molar-refractivity contribution in [1.29, 1.82) is 0 Å². The van der Waals surface area contributed by atoms with E-state index in [4.69, 9.17) is 0 Å². The van der Waals surface area contributed by atoms with Crippen LogP contribution in [-0.2, 0) is 11.9 Å². The van der Waals surface area contributed by atoms with Crippen molar-refractivity contribution in [3.8, 4) is 11.4 Å². The zero-order valence-corrected chi connectivity index (χ0v) is 13.5. The van der Waals surface area contributed by atoms with Gasteiger partial charge in [-0.25, -0.2) is 0 Å². The molecule has 0 spiro atoms. The third-order valence-corrected chi connectivity index (χ3v) is 3.48. The van der Waals surface area contributed by atoms with Crippen molar-refractivity contribution in [2.24, 2.45) is 5.92 Å². The number of aryl methyl sites for hydroxylation is 2. The van der Waals surface area contributed by atoms with Crippen molar-refractivity contribution in [3.05, 3.63) is 35.2 Å². The first-order chi connectivity index (χ1) is 9.01. The summed E-state index contributed by atoms with van der Waals surface area (Å²) in [6.45, 7) is 9.60.